The van der Waals surface area contributed by atoms with Gasteiger partial charge in [0, 0.05) is 49.6 Å². The number of hydrogen-bond acceptors (Lipinski definition) is 5. The number of anilines is 1. The van der Waals surface area contributed by atoms with Crippen molar-refractivity contribution >= 4 is 23.3 Å². The molecule has 0 bridgehead atoms. The van der Waals surface area contributed by atoms with Gasteiger partial charge in [-0.25, -0.2) is 0 Å². The number of para-hydroxylation sites is 1. The number of hydrogen-bond donors (Lipinski definition) is 0. The summed E-state index contributed by atoms with van der Waals surface area (Å²) in [4.78, 5) is 41.5. The monoisotopic (exact) mass is 447 g/mol. The molecule has 2 amide bonds. The molecule has 1 saturated heterocycles. The van der Waals surface area contributed by atoms with Gasteiger partial charge in [0.2, 0.25) is 11.8 Å². The minimum Gasteiger partial charge on any atom is -0.497 e. The fourth-order valence-electron chi connectivity index (χ4n) is 4.06. The van der Waals surface area contributed by atoms with Crippen LogP contribution in [0.1, 0.15) is 42.5 Å². The Hall–Kier alpha value is -3.66. The van der Waals surface area contributed by atoms with Crippen LogP contribution in [0.25, 0.3) is 0 Å². The van der Waals surface area contributed by atoms with E-state index in [0.29, 0.717) is 43.8 Å². The van der Waals surface area contributed by atoms with E-state index in [1.807, 2.05) is 30.3 Å². The maximum Gasteiger partial charge on any atom is 0.227 e. The van der Waals surface area contributed by atoms with Crippen LogP contribution >= 0.6 is 0 Å². The molecule has 7 heteroatoms. The number of benzene rings is 2. The zero-order chi connectivity index (χ0) is 23.6. The summed E-state index contributed by atoms with van der Waals surface area (Å²) in [5, 5.41) is 8.91. The molecule has 0 saturated carbocycles. The summed E-state index contributed by atoms with van der Waals surface area (Å²) in [5.41, 5.74) is 1.38. The molecule has 33 heavy (non-hydrogen) atoms. The first-order valence-corrected chi connectivity index (χ1v) is 11.2. The first kappa shape index (κ1) is 24.0. The fourth-order valence-corrected chi connectivity index (χ4v) is 4.06. The molecule has 0 atom stereocenters. The predicted molar refractivity (Wildman–Crippen MR) is 125 cm³/mol. The van der Waals surface area contributed by atoms with Gasteiger partial charge >= 0.3 is 0 Å². The van der Waals surface area contributed by atoms with Crippen LogP contribution in [0.15, 0.2) is 54.6 Å². The van der Waals surface area contributed by atoms with E-state index in [4.69, 9.17) is 10.00 Å². The topological polar surface area (TPSA) is 90.7 Å². The van der Waals surface area contributed by atoms with Crippen molar-refractivity contribution in [1.82, 2.24) is 4.90 Å². The summed E-state index contributed by atoms with van der Waals surface area (Å²) in [5.74, 6) is 0.445. The molecule has 0 aromatic heterocycles. The van der Waals surface area contributed by atoms with Gasteiger partial charge in [-0.2, -0.15) is 5.26 Å². The predicted octanol–water partition coefficient (Wildman–Crippen LogP) is 3.84. The number of ketones is 1. The number of nitrogens with zero attached hydrogens (tertiary/aromatic N) is 3. The average molecular weight is 448 g/mol. The number of carbonyl (C=O) groups is 3. The number of piperidine rings is 1. The Morgan fingerprint density at radius 3 is 2.30 bits per heavy atom. The highest BCUT2D eigenvalue weighted by Crippen LogP contribution is 2.24. The molecule has 2 aromatic carbocycles. The van der Waals surface area contributed by atoms with Crippen LogP contribution in [0.4, 0.5) is 5.69 Å². The van der Waals surface area contributed by atoms with Crippen molar-refractivity contribution in [3.05, 3.63) is 60.2 Å². The number of Topliss-reactive ketones (excluding diaryl/α,β-unsaturated/α-hetero) is 1. The molecule has 1 heterocycles. The van der Waals surface area contributed by atoms with Gasteiger partial charge in [0.05, 0.1) is 19.6 Å². The number of likely N-dealkylation sites (tertiary alicyclic amines) is 1. The van der Waals surface area contributed by atoms with Gasteiger partial charge in [-0.05, 0) is 49.2 Å². The average Bonchev–Trinajstić information content (AvgIpc) is 2.88. The fraction of sp³-hybridized carbons (Fsp3) is 0.385. The second-order valence-corrected chi connectivity index (χ2v) is 8.04. The Morgan fingerprint density at radius 2 is 1.70 bits per heavy atom. The quantitative estimate of drug-likeness (QED) is 0.545. The Bertz CT molecular complexity index is 990. The lowest BCUT2D eigenvalue weighted by atomic mass is 9.88. The normalized spacial score (nSPS) is 13.8. The number of rotatable bonds is 9. The molecule has 0 unspecified atom stereocenters. The summed E-state index contributed by atoms with van der Waals surface area (Å²) in [6.07, 6.45) is 1.66. The molecular formula is C26H29N3O4. The SMILES string of the molecule is COc1ccc(C(=O)C2CCN(C(=O)CCC(=O)N(CCC#N)c3ccccc3)CC2)cc1. The molecule has 3 rings (SSSR count). The second kappa shape index (κ2) is 11.8. The van der Waals surface area contributed by atoms with E-state index < -0.39 is 0 Å². The smallest absolute Gasteiger partial charge is 0.227 e. The maximum absolute atomic E-state index is 12.8. The zero-order valence-electron chi connectivity index (χ0n) is 18.9. The highest BCUT2D eigenvalue weighted by molar-refractivity contribution is 5.98. The van der Waals surface area contributed by atoms with Crippen LogP contribution < -0.4 is 9.64 Å². The van der Waals surface area contributed by atoms with Crippen molar-refractivity contribution in [3.8, 4) is 11.8 Å². The Balaban J connectivity index is 1.49. The second-order valence-electron chi connectivity index (χ2n) is 8.04. The van der Waals surface area contributed by atoms with Crippen molar-refractivity contribution in [2.45, 2.75) is 32.1 Å². The zero-order valence-corrected chi connectivity index (χ0v) is 18.9. The third kappa shape index (κ3) is 6.42. The molecule has 1 aliphatic rings. The van der Waals surface area contributed by atoms with Crippen LogP contribution in [0.3, 0.4) is 0 Å². The molecule has 0 spiro atoms. The van der Waals surface area contributed by atoms with E-state index >= 15 is 0 Å². The van der Waals surface area contributed by atoms with E-state index in [1.165, 1.54) is 0 Å². The van der Waals surface area contributed by atoms with Crippen molar-refractivity contribution in [1.29, 1.82) is 5.26 Å². The number of methoxy groups -OCH3 is 1. The number of nitriles is 1. The first-order valence-electron chi connectivity index (χ1n) is 11.2. The Morgan fingerprint density at radius 1 is 1.03 bits per heavy atom. The van der Waals surface area contributed by atoms with Gasteiger partial charge in [0.25, 0.3) is 0 Å². The molecule has 0 radical (unpaired) electrons. The standard InChI is InChI=1S/C26H29N3O4/c1-33-23-10-8-20(9-11-23)26(32)21-14-18-28(19-15-21)24(30)12-13-25(31)29(17-5-16-27)22-6-3-2-4-7-22/h2-4,6-11,21H,5,12-15,17-19H2,1H3. The number of carbonyl (C=O) groups excluding carboxylic acids is 3. The van der Waals surface area contributed by atoms with Gasteiger partial charge < -0.3 is 14.5 Å². The van der Waals surface area contributed by atoms with Crippen LogP contribution in [0, 0.1) is 17.2 Å². The molecule has 7 nitrogen and oxygen atoms in total. The summed E-state index contributed by atoms with van der Waals surface area (Å²) >= 11 is 0. The van der Waals surface area contributed by atoms with Crippen molar-refractivity contribution < 1.29 is 19.1 Å². The molecule has 172 valence electrons. The van der Waals surface area contributed by atoms with Crippen molar-refractivity contribution in [2.75, 3.05) is 31.6 Å². The lowest BCUT2D eigenvalue weighted by Gasteiger charge is -2.31. The van der Waals surface area contributed by atoms with Gasteiger partial charge in [-0.1, -0.05) is 18.2 Å². The highest BCUT2D eigenvalue weighted by Gasteiger charge is 2.28. The lowest BCUT2D eigenvalue weighted by molar-refractivity contribution is -0.134. The molecular weight excluding hydrogens is 418 g/mol. The van der Waals surface area contributed by atoms with E-state index in [0.717, 1.165) is 5.69 Å². The van der Waals surface area contributed by atoms with Gasteiger partial charge in [0.15, 0.2) is 5.78 Å². The summed E-state index contributed by atoms with van der Waals surface area (Å²) in [7, 11) is 1.59. The summed E-state index contributed by atoms with van der Waals surface area (Å²) in [6.45, 7) is 1.32. The minimum atomic E-state index is -0.172. The van der Waals surface area contributed by atoms with Gasteiger partial charge in [-0.3, -0.25) is 14.4 Å². The first-order chi connectivity index (χ1) is 16.0. The Kier molecular flexibility index (Phi) is 8.59. The van der Waals surface area contributed by atoms with E-state index in [1.54, 1.807) is 41.2 Å². The third-order valence-corrected chi connectivity index (χ3v) is 5.96. The van der Waals surface area contributed by atoms with Crippen LogP contribution in [0.2, 0.25) is 0 Å². The molecule has 2 aromatic rings. The largest absolute Gasteiger partial charge is 0.497 e. The molecule has 1 aliphatic heterocycles. The lowest BCUT2D eigenvalue weighted by Crippen LogP contribution is -2.41. The van der Waals surface area contributed by atoms with Crippen LogP contribution in [0.5, 0.6) is 5.75 Å². The summed E-state index contributed by atoms with van der Waals surface area (Å²) < 4.78 is 5.14. The number of ether oxygens (including phenoxy) is 1. The van der Waals surface area contributed by atoms with E-state index in [9.17, 15) is 14.4 Å². The Labute approximate surface area is 194 Å². The molecule has 0 N–H and O–H groups in total. The minimum absolute atomic E-state index is 0.0769. The third-order valence-electron chi connectivity index (χ3n) is 5.96. The molecule has 0 aliphatic carbocycles. The van der Waals surface area contributed by atoms with Crippen molar-refractivity contribution in [2.24, 2.45) is 5.92 Å². The molecule has 1 fully saturated rings. The van der Waals surface area contributed by atoms with E-state index in [2.05, 4.69) is 6.07 Å². The maximum atomic E-state index is 12.8. The van der Waals surface area contributed by atoms with Gasteiger partial charge in [0.1, 0.15) is 5.75 Å². The van der Waals surface area contributed by atoms with Crippen LogP contribution in [-0.2, 0) is 9.59 Å². The highest BCUT2D eigenvalue weighted by atomic mass is 16.5. The number of amides is 2. The van der Waals surface area contributed by atoms with Gasteiger partial charge in [-0.15, -0.1) is 0 Å². The van der Waals surface area contributed by atoms with Crippen molar-refractivity contribution in [3.63, 3.8) is 0 Å². The van der Waals surface area contributed by atoms with Crippen LogP contribution in [-0.4, -0.2) is 49.2 Å². The summed E-state index contributed by atoms with van der Waals surface area (Å²) in [6, 6.07) is 18.3. The van der Waals surface area contributed by atoms with E-state index in [-0.39, 0.29) is 42.8 Å².